The zero-order valence-corrected chi connectivity index (χ0v) is 30.5. The van der Waals surface area contributed by atoms with Gasteiger partial charge in [-0.3, -0.25) is 0 Å². The summed E-state index contributed by atoms with van der Waals surface area (Å²) in [6.45, 7) is 15.9. The lowest BCUT2D eigenvalue weighted by atomic mass is 9.43. The first-order chi connectivity index (χ1) is 22.6. The number of carbonyl (C=O) groups excluding carboxylic acids is 1. The molecule has 0 aliphatic heterocycles. The van der Waals surface area contributed by atoms with Gasteiger partial charge in [0.2, 0.25) is 0 Å². The maximum absolute atomic E-state index is 13.7. The summed E-state index contributed by atoms with van der Waals surface area (Å²) in [4.78, 5) is 13.7. The fourth-order valence-electron chi connectivity index (χ4n) is 11.3. The number of benzene rings is 1. The highest BCUT2D eigenvalue weighted by atomic mass is 16.5. The van der Waals surface area contributed by atoms with Crippen LogP contribution in [0, 0.1) is 52.3 Å². The molecule has 5 rings (SSSR count). The second-order valence-electron chi connectivity index (χ2n) is 17.2. The van der Waals surface area contributed by atoms with Crippen LogP contribution in [0.4, 0.5) is 0 Å². The van der Waals surface area contributed by atoms with Gasteiger partial charge in [0.15, 0.2) is 0 Å². The lowest BCUT2D eigenvalue weighted by Crippen LogP contribution is -2.60. The van der Waals surface area contributed by atoms with Crippen molar-refractivity contribution in [1.82, 2.24) is 10.6 Å². The van der Waals surface area contributed by atoms with Crippen molar-refractivity contribution in [2.45, 2.75) is 136 Å². The Labute approximate surface area is 287 Å². The van der Waals surface area contributed by atoms with Gasteiger partial charge in [-0.1, -0.05) is 52.8 Å². The number of carbonyl (C=O) groups is 1. The molecule has 11 atom stereocenters. The van der Waals surface area contributed by atoms with Crippen molar-refractivity contribution in [3.8, 4) is 0 Å². The first kappa shape index (κ1) is 36.8. The predicted molar refractivity (Wildman–Crippen MR) is 193 cm³/mol. The van der Waals surface area contributed by atoms with E-state index in [-0.39, 0.29) is 23.6 Å². The van der Waals surface area contributed by atoms with E-state index in [4.69, 9.17) is 10.5 Å². The topological polar surface area (TPSA) is 96.6 Å². The minimum atomic E-state index is -0.206. The van der Waals surface area contributed by atoms with Crippen molar-refractivity contribution in [1.29, 1.82) is 0 Å². The molecule has 4 fully saturated rings. The van der Waals surface area contributed by atoms with E-state index in [1.807, 2.05) is 30.3 Å². The Morgan fingerprint density at radius 1 is 0.915 bits per heavy atom. The number of nitrogens with two attached hydrogens (primary N) is 1. The molecule has 5 N–H and O–H groups in total. The Kier molecular flexibility index (Phi) is 12.9. The van der Waals surface area contributed by atoms with Crippen molar-refractivity contribution in [2.24, 2.45) is 58.0 Å². The summed E-state index contributed by atoms with van der Waals surface area (Å²) in [6, 6.07) is 10.2. The number of hydrogen-bond acceptors (Lipinski definition) is 6. The van der Waals surface area contributed by atoms with Gasteiger partial charge >= 0.3 is 5.97 Å². The Morgan fingerprint density at radius 3 is 2.38 bits per heavy atom. The number of fused-ring (bicyclic) bond motifs is 5. The summed E-state index contributed by atoms with van der Waals surface area (Å²) >= 11 is 0. The van der Waals surface area contributed by atoms with Crippen molar-refractivity contribution in [2.75, 3.05) is 26.2 Å². The molecule has 0 radical (unpaired) electrons. The molecule has 4 aliphatic rings. The predicted octanol–water partition coefficient (Wildman–Crippen LogP) is 7.59. The molecule has 11 unspecified atom stereocenters. The average molecular weight is 652 g/mol. The molecular weight excluding hydrogens is 582 g/mol. The maximum Gasteiger partial charge on any atom is 0.338 e. The number of ether oxygens (including phenoxy) is 1. The van der Waals surface area contributed by atoms with Gasteiger partial charge in [0.05, 0.1) is 11.7 Å². The largest absolute Gasteiger partial charge is 0.458 e. The molecule has 1 aromatic carbocycles. The van der Waals surface area contributed by atoms with Crippen molar-refractivity contribution in [3.63, 3.8) is 0 Å². The van der Waals surface area contributed by atoms with E-state index in [0.717, 1.165) is 64.7 Å². The molecule has 0 saturated heterocycles. The van der Waals surface area contributed by atoms with Gasteiger partial charge in [-0.15, -0.1) is 0 Å². The Hall–Kier alpha value is -1.47. The third-order valence-corrected chi connectivity index (χ3v) is 14.1. The van der Waals surface area contributed by atoms with Crippen LogP contribution in [0.3, 0.4) is 0 Å². The summed E-state index contributed by atoms with van der Waals surface area (Å²) in [6.07, 6.45) is 15.0. The van der Waals surface area contributed by atoms with Gasteiger partial charge in [0.1, 0.15) is 6.10 Å². The van der Waals surface area contributed by atoms with Crippen LogP contribution >= 0.6 is 0 Å². The van der Waals surface area contributed by atoms with Crippen LogP contribution in [0.25, 0.3) is 0 Å². The van der Waals surface area contributed by atoms with E-state index in [1.54, 1.807) is 0 Å². The molecule has 1 aromatic rings. The molecule has 6 nitrogen and oxygen atoms in total. The Morgan fingerprint density at radius 2 is 1.64 bits per heavy atom. The SMILES string of the molecule is CC(C)C(O)CCC(C)C1CCC2C3C(OC(=O)c4ccccc4)CC4CC(NCCCNCCCCN)CCC4(C)C3CCC12C. The summed E-state index contributed by atoms with van der Waals surface area (Å²) in [5.74, 6) is 3.70. The van der Waals surface area contributed by atoms with E-state index < -0.39 is 0 Å². The van der Waals surface area contributed by atoms with Crippen LogP contribution in [0.1, 0.15) is 128 Å². The quantitative estimate of drug-likeness (QED) is 0.109. The van der Waals surface area contributed by atoms with Crippen LogP contribution in [0.15, 0.2) is 30.3 Å². The van der Waals surface area contributed by atoms with E-state index in [2.05, 4.69) is 45.3 Å². The number of nitrogens with one attached hydrogen (secondary N) is 2. The molecule has 6 heteroatoms. The number of unbranched alkanes of at least 4 members (excludes halogenated alkanes) is 1. The van der Waals surface area contributed by atoms with Gasteiger partial charge in [0.25, 0.3) is 0 Å². The minimum Gasteiger partial charge on any atom is -0.458 e. The molecule has 47 heavy (non-hydrogen) atoms. The smallest absolute Gasteiger partial charge is 0.338 e. The third-order valence-electron chi connectivity index (χ3n) is 14.1. The maximum atomic E-state index is 13.7. The van der Waals surface area contributed by atoms with Crippen LogP contribution in [-0.2, 0) is 4.74 Å². The molecule has 4 aliphatic carbocycles. The lowest BCUT2D eigenvalue weighted by molar-refractivity contribution is -0.168. The van der Waals surface area contributed by atoms with Gasteiger partial charge in [0, 0.05) is 12.0 Å². The number of esters is 1. The van der Waals surface area contributed by atoms with Gasteiger partial charge in [-0.25, -0.2) is 4.79 Å². The fraction of sp³-hybridized carbons (Fsp3) is 0.829. The first-order valence-corrected chi connectivity index (χ1v) is 19.7. The zero-order chi connectivity index (χ0) is 33.6. The molecule has 0 aromatic heterocycles. The minimum absolute atomic E-state index is 0.0105. The molecule has 266 valence electrons. The molecule has 4 saturated carbocycles. The van der Waals surface area contributed by atoms with Crippen LogP contribution in [-0.4, -0.2) is 55.5 Å². The second-order valence-corrected chi connectivity index (χ2v) is 17.2. The highest BCUT2D eigenvalue weighted by molar-refractivity contribution is 5.89. The Balaban J connectivity index is 1.29. The molecule has 0 amide bonds. The summed E-state index contributed by atoms with van der Waals surface area (Å²) < 4.78 is 6.68. The number of rotatable bonds is 16. The average Bonchev–Trinajstić information content (AvgIpc) is 3.42. The number of hydrogen-bond donors (Lipinski definition) is 4. The molecule has 0 heterocycles. The van der Waals surface area contributed by atoms with E-state index >= 15 is 0 Å². The third kappa shape index (κ3) is 8.30. The van der Waals surface area contributed by atoms with Crippen molar-refractivity contribution >= 4 is 5.97 Å². The second kappa shape index (κ2) is 16.5. The van der Waals surface area contributed by atoms with E-state index in [1.165, 1.54) is 44.9 Å². The number of aliphatic hydroxyl groups excluding tert-OH is 1. The lowest BCUT2D eigenvalue weighted by Gasteiger charge is -2.63. The summed E-state index contributed by atoms with van der Waals surface area (Å²) in [7, 11) is 0. The van der Waals surface area contributed by atoms with E-state index in [0.29, 0.717) is 58.4 Å². The van der Waals surface area contributed by atoms with Gasteiger partial charge < -0.3 is 26.2 Å². The van der Waals surface area contributed by atoms with Gasteiger partial charge in [-0.05, 0) is 168 Å². The summed E-state index contributed by atoms with van der Waals surface area (Å²) in [5, 5.41) is 18.1. The summed E-state index contributed by atoms with van der Waals surface area (Å²) in [5.41, 5.74) is 6.90. The molecule has 0 bridgehead atoms. The highest BCUT2D eigenvalue weighted by Crippen LogP contribution is 2.68. The number of aliphatic hydroxyl groups is 1. The van der Waals surface area contributed by atoms with Crippen LogP contribution in [0.5, 0.6) is 0 Å². The normalized spacial score (nSPS) is 36.3. The first-order valence-electron chi connectivity index (χ1n) is 19.7. The van der Waals surface area contributed by atoms with Crippen molar-refractivity contribution in [3.05, 3.63) is 35.9 Å². The van der Waals surface area contributed by atoms with Gasteiger partial charge in [-0.2, -0.15) is 0 Å². The standard InChI is InChI=1S/C41H69N3O3/c1-28(2)36(45)17-14-29(3)33-15-16-34-38-35(19-21-41(33,34)5)40(4)20-18-32(44-25-11-24-43-23-10-9-22-42)26-31(40)27-37(38)47-39(46)30-12-7-6-8-13-30/h6-8,12-13,28-29,31-38,43-45H,9-11,14-27,42H2,1-5H3. The van der Waals surface area contributed by atoms with Crippen LogP contribution in [0.2, 0.25) is 0 Å². The Bertz CT molecular complexity index is 1110. The zero-order valence-electron chi connectivity index (χ0n) is 30.5. The molecular formula is C41H69N3O3. The fourth-order valence-corrected chi connectivity index (χ4v) is 11.3. The van der Waals surface area contributed by atoms with Crippen LogP contribution < -0.4 is 16.4 Å². The van der Waals surface area contributed by atoms with E-state index in [9.17, 15) is 9.90 Å². The van der Waals surface area contributed by atoms with Crippen molar-refractivity contribution < 1.29 is 14.6 Å². The molecule has 0 spiro atoms. The highest BCUT2D eigenvalue weighted by Gasteiger charge is 2.63. The monoisotopic (exact) mass is 652 g/mol.